The van der Waals surface area contributed by atoms with E-state index in [1.165, 1.54) is 10.8 Å². The van der Waals surface area contributed by atoms with E-state index in [0.717, 1.165) is 5.75 Å². The topological polar surface area (TPSA) is 151 Å². The minimum absolute atomic E-state index is 0.0311. The molecule has 1 aliphatic heterocycles. The highest BCUT2D eigenvalue weighted by Gasteiger charge is 2.36. The molecule has 1 saturated heterocycles. The molecule has 43 heavy (non-hydrogen) atoms. The zero-order valence-electron chi connectivity index (χ0n) is 25.0. The molecular weight excluding hydrogens is 613 g/mol. The quantitative estimate of drug-likeness (QED) is 0.0499. The van der Waals surface area contributed by atoms with Gasteiger partial charge < -0.3 is 45.2 Å². The van der Waals surface area contributed by atoms with Crippen molar-refractivity contribution in [3.05, 3.63) is 29.8 Å². The van der Waals surface area contributed by atoms with Crippen molar-refractivity contribution in [3.63, 3.8) is 0 Å². The van der Waals surface area contributed by atoms with Gasteiger partial charge in [0.05, 0.1) is 32.5 Å². The van der Waals surface area contributed by atoms with Crippen LogP contribution in [-0.4, -0.2) is 118 Å². The lowest BCUT2D eigenvalue weighted by Gasteiger charge is -2.21. The summed E-state index contributed by atoms with van der Waals surface area (Å²) in [5, 5.41) is 15.0. The average Bonchev–Trinajstić information content (AvgIpc) is 3.39. The van der Waals surface area contributed by atoms with E-state index in [0.29, 0.717) is 30.8 Å². The second-order valence-corrected chi connectivity index (χ2v) is 13.3. The first-order chi connectivity index (χ1) is 20.9. The number of rotatable bonds is 21. The Morgan fingerprint density at radius 2 is 2.14 bits per heavy atom. The Balaban J connectivity index is 1.60. The zero-order chi connectivity index (χ0) is 31.3. The fourth-order valence-corrected chi connectivity index (χ4v) is 6.03. The number of carbonyl (C=O) groups is 2. The van der Waals surface area contributed by atoms with Gasteiger partial charge in [-0.3, -0.25) is 9.59 Å². The lowest BCUT2D eigenvalue weighted by atomic mass is 9.71. The van der Waals surface area contributed by atoms with Gasteiger partial charge in [0.2, 0.25) is 5.91 Å². The molecule has 0 aliphatic carbocycles. The fourth-order valence-electron chi connectivity index (χ4n) is 3.87. The maximum atomic E-state index is 12.1. The fraction of sp³-hybridized carbons (Fsp3) is 0.643. The van der Waals surface area contributed by atoms with E-state index >= 15 is 0 Å². The van der Waals surface area contributed by atoms with Gasteiger partial charge in [0.15, 0.2) is 0 Å². The largest absolute Gasteiger partial charge is 0.490 e. The van der Waals surface area contributed by atoms with Crippen molar-refractivity contribution < 1.29 is 38.4 Å². The number of thioether (sulfide) groups is 1. The minimum Gasteiger partial charge on any atom is -0.490 e. The van der Waals surface area contributed by atoms with Gasteiger partial charge in [0.1, 0.15) is 35.9 Å². The predicted octanol–water partition coefficient (Wildman–Crippen LogP) is 1.50. The summed E-state index contributed by atoms with van der Waals surface area (Å²) in [6, 6.07) is 6.68. The summed E-state index contributed by atoms with van der Waals surface area (Å²) >= 11 is 1.70. The van der Waals surface area contributed by atoms with E-state index < -0.39 is 0 Å². The smallest absolute Gasteiger partial charge is 0.251 e. The van der Waals surface area contributed by atoms with Crippen LogP contribution in [0.1, 0.15) is 30.6 Å². The number of nitrogens with one attached hydrogen (secondary N) is 2. The van der Waals surface area contributed by atoms with Crippen LogP contribution in [0.3, 0.4) is 0 Å². The molecule has 15 heteroatoms. The molecule has 5 atom stereocenters. The van der Waals surface area contributed by atoms with Crippen LogP contribution in [0.4, 0.5) is 0 Å². The first-order valence-corrected chi connectivity index (χ1v) is 17.8. The van der Waals surface area contributed by atoms with Crippen LogP contribution in [0.15, 0.2) is 24.3 Å². The van der Waals surface area contributed by atoms with Crippen molar-refractivity contribution in [1.29, 1.82) is 0 Å². The zero-order valence-corrected chi connectivity index (χ0v) is 27.4. The minimum atomic E-state index is -0.371. The highest BCUT2D eigenvalue weighted by molar-refractivity contribution is 8.76. The molecule has 1 aromatic rings. The van der Waals surface area contributed by atoms with Gasteiger partial charge in [-0.25, -0.2) is 0 Å². The molecule has 2 rings (SSSR count). The van der Waals surface area contributed by atoms with E-state index in [4.69, 9.17) is 29.4 Å². The van der Waals surface area contributed by atoms with Crippen LogP contribution in [0, 0.1) is 11.7 Å². The summed E-state index contributed by atoms with van der Waals surface area (Å²) in [7, 11) is 4.78. The SMILES string of the molecule is CCS[C@@H](C)O[C@@H]1C[C@H]([B]C#CCNC(=O)COCCOC(COc2cccc(C(=O)NCCN)c2)SSC)OC1CO. The summed E-state index contributed by atoms with van der Waals surface area (Å²) in [6.07, 6.45) is 2.02. The second kappa shape index (κ2) is 22.8. The number of aliphatic hydroxyl groups is 1. The molecule has 1 fully saturated rings. The third-order valence-electron chi connectivity index (χ3n) is 5.80. The van der Waals surface area contributed by atoms with E-state index in [1.54, 1.807) is 54.1 Å². The van der Waals surface area contributed by atoms with E-state index in [-0.39, 0.29) is 80.5 Å². The first-order valence-electron chi connectivity index (χ1n) is 14.1. The molecule has 1 aromatic carbocycles. The van der Waals surface area contributed by atoms with E-state index in [2.05, 4.69) is 29.3 Å². The van der Waals surface area contributed by atoms with E-state index in [1.807, 2.05) is 13.2 Å². The normalized spacial score (nSPS) is 19.1. The summed E-state index contributed by atoms with van der Waals surface area (Å²) < 4.78 is 28.9. The van der Waals surface area contributed by atoms with Crippen molar-refractivity contribution in [2.24, 2.45) is 5.73 Å². The molecular formula is C28H43BN3O8S3. The lowest BCUT2D eigenvalue weighted by molar-refractivity contribution is -0.126. The van der Waals surface area contributed by atoms with Gasteiger partial charge >= 0.3 is 0 Å². The van der Waals surface area contributed by atoms with Crippen LogP contribution >= 0.6 is 33.3 Å². The molecule has 1 heterocycles. The third kappa shape index (κ3) is 15.8. The van der Waals surface area contributed by atoms with Crippen LogP contribution in [-0.2, 0) is 23.7 Å². The third-order valence-corrected chi connectivity index (χ3v) is 8.62. The van der Waals surface area contributed by atoms with Gasteiger partial charge in [-0.2, -0.15) is 5.82 Å². The molecule has 0 bridgehead atoms. The van der Waals surface area contributed by atoms with Crippen molar-refractivity contribution in [2.75, 3.05) is 64.7 Å². The Morgan fingerprint density at radius 1 is 1.30 bits per heavy atom. The molecule has 11 nitrogen and oxygen atoms in total. The Hall–Kier alpha value is -1.61. The number of aliphatic hydroxyl groups excluding tert-OH is 1. The number of ether oxygens (including phenoxy) is 5. The highest BCUT2D eigenvalue weighted by Crippen LogP contribution is 2.27. The standard InChI is InChI=1S/C28H43BN3O8S3/c1-4-42-20(2)39-23-16-25(40-24(23)17-33)29-9-6-11-31-26(34)18-36-13-14-37-27(43-41-3)19-38-22-8-5-7-21(15-22)28(35)32-12-10-30/h5,7-8,15,20,23-25,27,33H,4,10-14,16-19,30H2,1-3H3,(H,31,34)(H,32,35)/t20-,23+,24?,25+,27?/m0/s1. The van der Waals surface area contributed by atoms with Crippen LogP contribution in [0.2, 0.25) is 0 Å². The molecule has 0 spiro atoms. The van der Waals surface area contributed by atoms with Crippen molar-refractivity contribution >= 4 is 52.4 Å². The van der Waals surface area contributed by atoms with E-state index in [9.17, 15) is 14.7 Å². The Morgan fingerprint density at radius 3 is 2.88 bits per heavy atom. The molecule has 0 saturated carbocycles. The van der Waals surface area contributed by atoms with Gasteiger partial charge in [-0.1, -0.05) is 40.5 Å². The second-order valence-electron chi connectivity index (χ2n) is 9.09. The number of amides is 2. The molecule has 2 unspecified atom stereocenters. The van der Waals surface area contributed by atoms with Crippen LogP contribution in [0.5, 0.6) is 5.75 Å². The Labute approximate surface area is 267 Å². The number of carbonyl (C=O) groups excluding carboxylic acids is 2. The molecule has 5 N–H and O–H groups in total. The number of benzene rings is 1. The molecule has 1 radical (unpaired) electrons. The number of hydrogen-bond acceptors (Lipinski definition) is 12. The molecule has 239 valence electrons. The van der Waals surface area contributed by atoms with Crippen LogP contribution in [0.25, 0.3) is 0 Å². The molecule has 0 aromatic heterocycles. The molecule has 1 aliphatic rings. The van der Waals surface area contributed by atoms with Crippen LogP contribution < -0.4 is 21.1 Å². The number of nitrogens with two attached hydrogens (primary N) is 1. The van der Waals surface area contributed by atoms with Crippen molar-refractivity contribution in [3.8, 4) is 17.5 Å². The lowest BCUT2D eigenvalue weighted by Crippen LogP contribution is -2.30. The van der Waals surface area contributed by atoms with Gasteiger partial charge in [-0.05, 0) is 43.6 Å². The summed E-state index contributed by atoms with van der Waals surface area (Å²) in [6.45, 7) is 5.58. The average molecular weight is 657 g/mol. The summed E-state index contributed by atoms with van der Waals surface area (Å²) in [5.41, 5.74) is 5.69. The maximum absolute atomic E-state index is 12.1. The number of hydrogen-bond donors (Lipinski definition) is 4. The van der Waals surface area contributed by atoms with Crippen molar-refractivity contribution in [1.82, 2.24) is 10.6 Å². The summed E-state index contributed by atoms with van der Waals surface area (Å²) in [4.78, 5) is 24.2. The monoisotopic (exact) mass is 656 g/mol. The first kappa shape index (κ1) is 37.6. The maximum Gasteiger partial charge on any atom is 0.251 e. The Kier molecular flexibility index (Phi) is 20.0. The van der Waals surface area contributed by atoms with Gasteiger partial charge in [0, 0.05) is 24.7 Å². The van der Waals surface area contributed by atoms with Crippen molar-refractivity contribution in [2.45, 2.75) is 49.4 Å². The summed E-state index contributed by atoms with van der Waals surface area (Å²) in [5.74, 6) is 6.81. The Bertz CT molecular complexity index is 1020. The highest BCUT2D eigenvalue weighted by atomic mass is 33.1. The predicted molar refractivity (Wildman–Crippen MR) is 174 cm³/mol. The molecule has 2 amide bonds. The van der Waals surface area contributed by atoms with Gasteiger partial charge in [-0.15, -0.1) is 11.8 Å². The van der Waals surface area contributed by atoms with Gasteiger partial charge in [0.25, 0.3) is 13.2 Å².